The summed E-state index contributed by atoms with van der Waals surface area (Å²) >= 11 is 0. The lowest BCUT2D eigenvalue weighted by atomic mass is 9.94. The van der Waals surface area contributed by atoms with Crippen molar-refractivity contribution in [1.82, 2.24) is 10.6 Å². The van der Waals surface area contributed by atoms with Crippen molar-refractivity contribution < 1.29 is 19.0 Å². The molecule has 138 valence electrons. The Bertz CT molecular complexity index is 791. The van der Waals surface area contributed by atoms with Gasteiger partial charge in [-0.2, -0.15) is 0 Å². The Hall–Kier alpha value is -2.73. The van der Waals surface area contributed by atoms with E-state index in [9.17, 15) is 4.79 Å². The molecular weight excluding hydrogens is 332 g/mol. The van der Waals surface area contributed by atoms with Crippen LogP contribution in [-0.2, 0) is 6.42 Å². The molecule has 1 aliphatic heterocycles. The summed E-state index contributed by atoms with van der Waals surface area (Å²) in [4.78, 5) is 12.7. The van der Waals surface area contributed by atoms with Crippen LogP contribution >= 0.6 is 0 Å². The van der Waals surface area contributed by atoms with Gasteiger partial charge in [-0.1, -0.05) is 24.3 Å². The van der Waals surface area contributed by atoms with E-state index in [0.717, 1.165) is 13.0 Å². The van der Waals surface area contributed by atoms with E-state index >= 15 is 0 Å². The molecule has 26 heavy (non-hydrogen) atoms. The molecule has 2 aromatic carbocycles. The van der Waals surface area contributed by atoms with Crippen molar-refractivity contribution in [3.8, 4) is 17.2 Å². The second kappa shape index (κ2) is 8.10. The summed E-state index contributed by atoms with van der Waals surface area (Å²) in [6.07, 6.45) is 1.00. The van der Waals surface area contributed by atoms with Crippen LogP contribution in [0.1, 0.15) is 27.5 Å². The maximum atomic E-state index is 12.7. The normalized spacial score (nSPS) is 15.7. The smallest absolute Gasteiger partial charge is 0.255 e. The second-order valence-electron chi connectivity index (χ2n) is 6.05. The number of amides is 1. The first-order valence-corrected chi connectivity index (χ1v) is 8.58. The Morgan fingerprint density at radius 3 is 2.58 bits per heavy atom. The molecule has 1 amide bonds. The van der Waals surface area contributed by atoms with Gasteiger partial charge in [-0.25, -0.2) is 0 Å². The van der Waals surface area contributed by atoms with Gasteiger partial charge in [0.25, 0.3) is 5.91 Å². The molecule has 0 saturated heterocycles. The predicted molar refractivity (Wildman–Crippen MR) is 99.3 cm³/mol. The number of ether oxygens (including phenoxy) is 3. The van der Waals surface area contributed by atoms with Crippen LogP contribution in [0.25, 0.3) is 0 Å². The van der Waals surface area contributed by atoms with E-state index in [1.54, 1.807) is 19.2 Å². The minimum atomic E-state index is -0.215. The average molecular weight is 356 g/mol. The van der Waals surface area contributed by atoms with Crippen molar-refractivity contribution in [3.63, 3.8) is 0 Å². The first kappa shape index (κ1) is 18.1. The van der Waals surface area contributed by atoms with Gasteiger partial charge in [-0.15, -0.1) is 0 Å². The van der Waals surface area contributed by atoms with Gasteiger partial charge >= 0.3 is 0 Å². The number of benzene rings is 2. The fourth-order valence-corrected chi connectivity index (χ4v) is 3.35. The molecule has 1 atom stereocenters. The van der Waals surface area contributed by atoms with Gasteiger partial charge < -0.3 is 24.8 Å². The summed E-state index contributed by atoms with van der Waals surface area (Å²) in [6.45, 7) is 1.39. The molecule has 0 saturated carbocycles. The van der Waals surface area contributed by atoms with E-state index < -0.39 is 0 Å². The number of fused-ring (bicyclic) bond motifs is 1. The summed E-state index contributed by atoms with van der Waals surface area (Å²) in [5, 5.41) is 6.46. The lowest BCUT2D eigenvalue weighted by Gasteiger charge is -2.27. The highest BCUT2D eigenvalue weighted by Gasteiger charge is 2.23. The zero-order valence-electron chi connectivity index (χ0n) is 15.3. The van der Waals surface area contributed by atoms with Crippen LogP contribution < -0.4 is 24.8 Å². The number of nitrogens with one attached hydrogen (secondary N) is 2. The molecular formula is C20H24N2O4. The molecule has 1 aliphatic rings. The van der Waals surface area contributed by atoms with E-state index in [2.05, 4.69) is 22.8 Å². The van der Waals surface area contributed by atoms with Crippen LogP contribution in [0.15, 0.2) is 36.4 Å². The summed E-state index contributed by atoms with van der Waals surface area (Å²) in [6, 6.07) is 11.8. The van der Waals surface area contributed by atoms with Crippen LogP contribution in [-0.4, -0.2) is 40.3 Å². The molecule has 0 aromatic heterocycles. The molecule has 1 heterocycles. The topological polar surface area (TPSA) is 68.8 Å². The molecule has 0 bridgehead atoms. The summed E-state index contributed by atoms with van der Waals surface area (Å²) in [7, 11) is 4.57. The number of rotatable bonds is 6. The highest BCUT2D eigenvalue weighted by atomic mass is 16.5. The first-order chi connectivity index (χ1) is 12.7. The van der Waals surface area contributed by atoms with E-state index in [0.29, 0.717) is 29.4 Å². The average Bonchev–Trinajstić information content (AvgIpc) is 2.70. The molecule has 6 nitrogen and oxygen atoms in total. The Morgan fingerprint density at radius 1 is 1.08 bits per heavy atom. The van der Waals surface area contributed by atoms with Crippen molar-refractivity contribution in [2.24, 2.45) is 0 Å². The minimum Gasteiger partial charge on any atom is -0.493 e. The fraction of sp³-hybridized carbons (Fsp3) is 0.350. The maximum Gasteiger partial charge on any atom is 0.255 e. The third-order valence-electron chi connectivity index (χ3n) is 4.63. The van der Waals surface area contributed by atoms with Gasteiger partial charge in [0, 0.05) is 12.6 Å². The lowest BCUT2D eigenvalue weighted by Crippen LogP contribution is -2.38. The standard InChI is InChI=1S/C20H24N2O4/c1-24-17-9-8-15(18(25-2)19(17)26-3)20(23)22-12-16-14-7-5-4-6-13(14)10-11-21-16/h4-9,16,21H,10-12H2,1-3H3,(H,22,23). The van der Waals surface area contributed by atoms with Gasteiger partial charge in [-0.3, -0.25) is 4.79 Å². The van der Waals surface area contributed by atoms with Crippen LogP contribution in [0, 0.1) is 0 Å². The molecule has 1 unspecified atom stereocenters. The lowest BCUT2D eigenvalue weighted by molar-refractivity contribution is 0.0945. The largest absolute Gasteiger partial charge is 0.493 e. The van der Waals surface area contributed by atoms with Crippen molar-refractivity contribution >= 4 is 5.91 Å². The van der Waals surface area contributed by atoms with Crippen molar-refractivity contribution in [3.05, 3.63) is 53.1 Å². The minimum absolute atomic E-state index is 0.0926. The second-order valence-corrected chi connectivity index (χ2v) is 6.05. The summed E-state index contributed by atoms with van der Waals surface area (Å²) in [5.74, 6) is 1.07. The molecule has 0 aliphatic carbocycles. The molecule has 3 rings (SSSR count). The molecule has 2 aromatic rings. The summed E-state index contributed by atoms with van der Waals surface area (Å²) < 4.78 is 16.0. The Labute approximate surface area is 153 Å². The Kier molecular flexibility index (Phi) is 5.63. The van der Waals surface area contributed by atoms with Gasteiger partial charge in [0.1, 0.15) is 0 Å². The molecule has 6 heteroatoms. The Morgan fingerprint density at radius 2 is 1.85 bits per heavy atom. The van der Waals surface area contributed by atoms with E-state index in [-0.39, 0.29) is 11.9 Å². The van der Waals surface area contributed by atoms with Gasteiger partial charge in [-0.05, 0) is 36.2 Å². The molecule has 2 N–H and O–H groups in total. The SMILES string of the molecule is COc1ccc(C(=O)NCC2NCCc3ccccc32)c(OC)c1OC. The van der Waals surface area contributed by atoms with Gasteiger partial charge in [0.2, 0.25) is 5.75 Å². The van der Waals surface area contributed by atoms with Crippen LogP contribution in [0.4, 0.5) is 0 Å². The van der Waals surface area contributed by atoms with E-state index in [1.807, 2.05) is 12.1 Å². The highest BCUT2D eigenvalue weighted by molar-refractivity contribution is 5.98. The molecule has 0 radical (unpaired) electrons. The van der Waals surface area contributed by atoms with Crippen LogP contribution in [0.3, 0.4) is 0 Å². The van der Waals surface area contributed by atoms with Crippen LogP contribution in [0.5, 0.6) is 17.2 Å². The fourth-order valence-electron chi connectivity index (χ4n) is 3.35. The number of hydrogen-bond donors (Lipinski definition) is 2. The molecule has 0 spiro atoms. The zero-order chi connectivity index (χ0) is 18.5. The third kappa shape index (κ3) is 3.46. The summed E-state index contributed by atoms with van der Waals surface area (Å²) in [5.41, 5.74) is 2.97. The van der Waals surface area contributed by atoms with Crippen LogP contribution in [0.2, 0.25) is 0 Å². The number of carbonyl (C=O) groups excluding carboxylic acids is 1. The number of carbonyl (C=O) groups is 1. The first-order valence-electron chi connectivity index (χ1n) is 8.58. The number of hydrogen-bond acceptors (Lipinski definition) is 5. The predicted octanol–water partition coefficient (Wildman–Crippen LogP) is 2.33. The van der Waals surface area contributed by atoms with Crippen molar-refractivity contribution in [2.45, 2.75) is 12.5 Å². The quantitative estimate of drug-likeness (QED) is 0.831. The van der Waals surface area contributed by atoms with E-state index in [4.69, 9.17) is 14.2 Å². The Balaban J connectivity index is 1.77. The van der Waals surface area contributed by atoms with Crippen molar-refractivity contribution in [2.75, 3.05) is 34.4 Å². The third-order valence-corrected chi connectivity index (χ3v) is 4.63. The molecule has 0 fully saturated rings. The van der Waals surface area contributed by atoms with Crippen molar-refractivity contribution in [1.29, 1.82) is 0 Å². The van der Waals surface area contributed by atoms with Gasteiger partial charge in [0.15, 0.2) is 11.5 Å². The zero-order valence-corrected chi connectivity index (χ0v) is 15.3. The maximum absolute atomic E-state index is 12.7. The highest BCUT2D eigenvalue weighted by Crippen LogP contribution is 2.39. The monoisotopic (exact) mass is 356 g/mol. The number of methoxy groups -OCH3 is 3. The van der Waals surface area contributed by atoms with Gasteiger partial charge in [0.05, 0.1) is 26.9 Å². The van der Waals surface area contributed by atoms with E-state index in [1.165, 1.54) is 25.3 Å².